The summed E-state index contributed by atoms with van der Waals surface area (Å²) in [6, 6.07) is 4.27. The number of Topliss-reactive ketones (excluding diaryl/α,β-unsaturated/α-hetero) is 1. The molecule has 0 fully saturated rings. The first kappa shape index (κ1) is 16.5. The average molecular weight is 310 g/mol. The summed E-state index contributed by atoms with van der Waals surface area (Å²) in [5.74, 6) is -0.724. The first-order chi connectivity index (χ1) is 10.1. The van der Waals surface area contributed by atoms with Crippen LogP contribution in [-0.4, -0.2) is 30.5 Å². The molecular weight excluding hydrogens is 290 g/mol. The molecule has 2 rings (SSSR count). The number of carbonyl (C=O) groups excluding carboxylic acids is 1. The molecule has 22 heavy (non-hydrogen) atoms. The van der Waals surface area contributed by atoms with Crippen LogP contribution in [0.4, 0.5) is 8.78 Å². The number of nitrogens with two attached hydrogens (primary N) is 1. The zero-order valence-electron chi connectivity index (χ0n) is 13.0. The van der Waals surface area contributed by atoms with Gasteiger partial charge >= 0.3 is 0 Å². The standard InChI is InChI=1S/C16H20F2N2O2/c1-15(2,18)13(21)7-10-4-5-12(17)11(6-10)16(3)9-22-8-14(19)20-16/h4-6H,7-9H2,1-3H3,(H2,19,20)/t16-/m0/s1. The topological polar surface area (TPSA) is 64.7 Å². The maximum Gasteiger partial charge on any atom is 0.173 e. The van der Waals surface area contributed by atoms with Crippen molar-refractivity contribution in [3.05, 3.63) is 35.1 Å². The molecule has 0 saturated heterocycles. The minimum Gasteiger partial charge on any atom is -0.386 e. The van der Waals surface area contributed by atoms with E-state index in [0.717, 1.165) is 0 Å². The normalized spacial score (nSPS) is 22.3. The number of ether oxygens (including phenoxy) is 1. The number of aliphatic imine (C=N–C) groups is 1. The highest BCUT2D eigenvalue weighted by atomic mass is 19.1. The predicted octanol–water partition coefficient (Wildman–Crippen LogP) is 2.29. The van der Waals surface area contributed by atoms with Crippen LogP contribution in [0.2, 0.25) is 0 Å². The molecule has 1 heterocycles. The molecule has 0 amide bonds. The number of halogens is 2. The Morgan fingerprint density at radius 2 is 2.18 bits per heavy atom. The van der Waals surface area contributed by atoms with Crippen LogP contribution in [0.25, 0.3) is 0 Å². The second kappa shape index (κ2) is 5.76. The Balaban J connectivity index is 2.36. The summed E-state index contributed by atoms with van der Waals surface area (Å²) in [5, 5.41) is 0. The summed E-state index contributed by atoms with van der Waals surface area (Å²) < 4.78 is 33.2. The molecule has 1 aliphatic heterocycles. The number of hydrogen-bond donors (Lipinski definition) is 1. The number of carbonyl (C=O) groups is 1. The van der Waals surface area contributed by atoms with Crippen LogP contribution in [0.5, 0.6) is 0 Å². The van der Waals surface area contributed by atoms with E-state index in [-0.39, 0.29) is 25.2 Å². The van der Waals surface area contributed by atoms with Crippen LogP contribution in [0.15, 0.2) is 23.2 Å². The third-order valence-corrected chi connectivity index (χ3v) is 3.66. The van der Waals surface area contributed by atoms with Gasteiger partial charge in [-0.15, -0.1) is 0 Å². The summed E-state index contributed by atoms with van der Waals surface area (Å²) >= 11 is 0. The Morgan fingerprint density at radius 1 is 1.50 bits per heavy atom. The highest BCUT2D eigenvalue weighted by molar-refractivity contribution is 5.88. The van der Waals surface area contributed by atoms with Crippen LogP contribution < -0.4 is 5.73 Å². The number of ketones is 1. The van der Waals surface area contributed by atoms with E-state index in [2.05, 4.69) is 4.99 Å². The van der Waals surface area contributed by atoms with E-state index < -0.39 is 22.8 Å². The fourth-order valence-electron chi connectivity index (χ4n) is 2.36. The molecule has 1 aromatic rings. The molecule has 0 bridgehead atoms. The Hall–Kier alpha value is -1.82. The maximum absolute atomic E-state index is 14.2. The molecule has 0 saturated carbocycles. The van der Waals surface area contributed by atoms with Gasteiger partial charge in [0.25, 0.3) is 0 Å². The van der Waals surface area contributed by atoms with Crippen LogP contribution in [-0.2, 0) is 21.5 Å². The minimum atomic E-state index is -1.92. The van der Waals surface area contributed by atoms with Gasteiger partial charge in [0.05, 0.1) is 6.61 Å². The van der Waals surface area contributed by atoms with E-state index in [1.165, 1.54) is 32.0 Å². The third kappa shape index (κ3) is 3.50. The first-order valence-electron chi connectivity index (χ1n) is 7.05. The van der Waals surface area contributed by atoms with Gasteiger partial charge in [-0.3, -0.25) is 9.79 Å². The average Bonchev–Trinajstić information content (AvgIpc) is 2.39. The molecule has 1 aromatic carbocycles. The van der Waals surface area contributed by atoms with Crippen molar-refractivity contribution in [3.63, 3.8) is 0 Å². The Morgan fingerprint density at radius 3 is 2.77 bits per heavy atom. The fourth-order valence-corrected chi connectivity index (χ4v) is 2.36. The molecular formula is C16H20F2N2O2. The van der Waals surface area contributed by atoms with Crippen molar-refractivity contribution < 1.29 is 18.3 Å². The third-order valence-electron chi connectivity index (χ3n) is 3.66. The minimum absolute atomic E-state index is 0.104. The van der Waals surface area contributed by atoms with Crippen LogP contribution in [0.1, 0.15) is 31.9 Å². The lowest BCUT2D eigenvalue weighted by Gasteiger charge is -2.30. The highest BCUT2D eigenvalue weighted by Gasteiger charge is 2.33. The monoisotopic (exact) mass is 310 g/mol. The molecule has 2 N–H and O–H groups in total. The predicted molar refractivity (Wildman–Crippen MR) is 80.1 cm³/mol. The number of alkyl halides is 1. The number of hydrogen-bond acceptors (Lipinski definition) is 4. The fraction of sp³-hybridized carbons (Fsp3) is 0.500. The molecule has 120 valence electrons. The number of rotatable bonds is 4. The van der Waals surface area contributed by atoms with Gasteiger partial charge in [-0.1, -0.05) is 6.07 Å². The smallest absolute Gasteiger partial charge is 0.173 e. The molecule has 1 atom stereocenters. The van der Waals surface area contributed by atoms with E-state index in [1.54, 1.807) is 6.92 Å². The Bertz CT molecular complexity index is 623. The lowest BCUT2D eigenvalue weighted by atomic mass is 9.89. The molecule has 1 aliphatic rings. The van der Waals surface area contributed by atoms with Crippen LogP contribution in [0.3, 0.4) is 0 Å². The molecule has 6 heteroatoms. The largest absolute Gasteiger partial charge is 0.386 e. The van der Waals surface area contributed by atoms with Crippen molar-refractivity contribution in [2.75, 3.05) is 13.2 Å². The summed E-state index contributed by atoms with van der Waals surface area (Å²) in [7, 11) is 0. The lowest BCUT2D eigenvalue weighted by molar-refractivity contribution is -0.127. The first-order valence-corrected chi connectivity index (χ1v) is 7.05. The maximum atomic E-state index is 14.2. The van der Waals surface area contributed by atoms with Gasteiger partial charge in [0.2, 0.25) is 0 Å². The number of amidine groups is 1. The summed E-state index contributed by atoms with van der Waals surface area (Å²) in [6.07, 6.45) is -0.104. The Labute approximate surface area is 128 Å². The molecule has 0 spiro atoms. The summed E-state index contributed by atoms with van der Waals surface area (Å²) in [4.78, 5) is 16.1. The SMILES string of the molecule is CC(C)(F)C(=O)Cc1ccc(F)c([C@]2(C)COCC(N)=N2)c1. The Kier molecular flexibility index (Phi) is 4.33. The molecule has 0 aromatic heterocycles. The second-order valence-corrected chi connectivity index (χ2v) is 6.26. The number of benzene rings is 1. The second-order valence-electron chi connectivity index (χ2n) is 6.26. The zero-order chi connectivity index (χ0) is 16.5. The quantitative estimate of drug-likeness (QED) is 0.928. The van der Waals surface area contributed by atoms with E-state index >= 15 is 0 Å². The van der Waals surface area contributed by atoms with Gasteiger partial charge in [0.1, 0.15) is 23.8 Å². The van der Waals surface area contributed by atoms with E-state index in [1.807, 2.05) is 0 Å². The van der Waals surface area contributed by atoms with Crippen molar-refractivity contribution in [2.24, 2.45) is 10.7 Å². The van der Waals surface area contributed by atoms with Gasteiger partial charge in [-0.2, -0.15) is 0 Å². The number of nitrogens with zero attached hydrogens (tertiary/aromatic N) is 1. The summed E-state index contributed by atoms with van der Waals surface area (Å²) in [6.45, 7) is 4.53. The van der Waals surface area contributed by atoms with Gasteiger partial charge < -0.3 is 10.5 Å². The molecule has 4 nitrogen and oxygen atoms in total. The zero-order valence-corrected chi connectivity index (χ0v) is 13.0. The van der Waals surface area contributed by atoms with Crippen molar-refractivity contribution >= 4 is 11.6 Å². The summed E-state index contributed by atoms with van der Waals surface area (Å²) in [5.41, 5.74) is 3.63. The van der Waals surface area contributed by atoms with Gasteiger partial charge in [0, 0.05) is 12.0 Å². The van der Waals surface area contributed by atoms with Crippen molar-refractivity contribution in [2.45, 2.75) is 38.4 Å². The van der Waals surface area contributed by atoms with Gasteiger partial charge in [-0.05, 0) is 38.5 Å². The van der Waals surface area contributed by atoms with E-state index in [9.17, 15) is 13.6 Å². The molecule has 0 unspecified atom stereocenters. The molecule has 0 aliphatic carbocycles. The van der Waals surface area contributed by atoms with Crippen LogP contribution >= 0.6 is 0 Å². The van der Waals surface area contributed by atoms with Crippen LogP contribution in [0, 0.1) is 5.82 Å². The highest BCUT2D eigenvalue weighted by Crippen LogP contribution is 2.31. The van der Waals surface area contributed by atoms with Crippen molar-refractivity contribution in [1.29, 1.82) is 0 Å². The van der Waals surface area contributed by atoms with E-state index in [4.69, 9.17) is 10.5 Å². The van der Waals surface area contributed by atoms with E-state index in [0.29, 0.717) is 11.4 Å². The van der Waals surface area contributed by atoms with Crippen molar-refractivity contribution in [1.82, 2.24) is 0 Å². The van der Waals surface area contributed by atoms with Gasteiger partial charge in [0.15, 0.2) is 11.5 Å². The molecule has 0 radical (unpaired) electrons. The van der Waals surface area contributed by atoms with Gasteiger partial charge in [-0.25, -0.2) is 8.78 Å². The lowest BCUT2D eigenvalue weighted by Crippen LogP contribution is -2.38. The van der Waals surface area contributed by atoms with Crippen molar-refractivity contribution in [3.8, 4) is 0 Å².